The number of phenolic OH excluding ortho intramolecular Hbond substituents is 2. The SMILES string of the molecule is CC(C)C(NC(=O)C(Cc1ccc(O)cc1)NC(=O)C(N)CCC(N)=O)C(=O)NC(Cc1ccc(O)cc1)C(=O)O. The molecule has 10 N–H and O–H groups in total. The molecular weight excluding hydrogens is 534 g/mol. The summed E-state index contributed by atoms with van der Waals surface area (Å²) in [5, 5.41) is 36.3. The van der Waals surface area contributed by atoms with Gasteiger partial charge in [0, 0.05) is 19.3 Å². The van der Waals surface area contributed by atoms with Crippen molar-refractivity contribution in [3.8, 4) is 11.5 Å². The number of aromatic hydroxyl groups is 2. The van der Waals surface area contributed by atoms with Gasteiger partial charge >= 0.3 is 5.97 Å². The summed E-state index contributed by atoms with van der Waals surface area (Å²) in [4.78, 5) is 62.2. The number of hydrogen-bond acceptors (Lipinski definition) is 8. The van der Waals surface area contributed by atoms with Crippen LogP contribution in [0.3, 0.4) is 0 Å². The summed E-state index contributed by atoms with van der Waals surface area (Å²) < 4.78 is 0. The van der Waals surface area contributed by atoms with Crippen LogP contribution in [-0.4, -0.2) is 69.1 Å². The van der Waals surface area contributed by atoms with Gasteiger partial charge in [0.1, 0.15) is 29.6 Å². The van der Waals surface area contributed by atoms with Gasteiger partial charge in [-0.1, -0.05) is 38.1 Å². The third-order valence-electron chi connectivity index (χ3n) is 6.29. The number of carbonyl (C=O) groups excluding carboxylic acids is 4. The molecule has 13 heteroatoms. The molecular formula is C28H37N5O8. The molecule has 4 amide bonds. The lowest BCUT2D eigenvalue weighted by atomic mass is 9.99. The smallest absolute Gasteiger partial charge is 0.326 e. The minimum absolute atomic E-state index is 0.00379. The first-order valence-electron chi connectivity index (χ1n) is 13.0. The second-order valence-corrected chi connectivity index (χ2v) is 10.0. The number of carbonyl (C=O) groups is 5. The van der Waals surface area contributed by atoms with Crippen LogP contribution in [0.4, 0.5) is 0 Å². The van der Waals surface area contributed by atoms with Gasteiger partial charge < -0.3 is 42.7 Å². The number of hydrogen-bond donors (Lipinski definition) is 8. The molecule has 0 aliphatic carbocycles. The van der Waals surface area contributed by atoms with Crippen LogP contribution in [0.5, 0.6) is 11.5 Å². The van der Waals surface area contributed by atoms with Crippen molar-refractivity contribution in [3.05, 3.63) is 59.7 Å². The third-order valence-corrected chi connectivity index (χ3v) is 6.29. The van der Waals surface area contributed by atoms with Crippen molar-refractivity contribution < 1.29 is 39.3 Å². The van der Waals surface area contributed by atoms with Crippen molar-refractivity contribution in [2.24, 2.45) is 17.4 Å². The minimum Gasteiger partial charge on any atom is -0.508 e. The molecule has 4 unspecified atom stereocenters. The van der Waals surface area contributed by atoms with Crippen molar-refractivity contribution in [1.29, 1.82) is 0 Å². The zero-order chi connectivity index (χ0) is 30.7. The summed E-state index contributed by atoms with van der Waals surface area (Å²) in [5.74, 6) is -4.56. The molecule has 0 bridgehead atoms. The summed E-state index contributed by atoms with van der Waals surface area (Å²) >= 11 is 0. The number of carboxylic acid groups (broad SMARTS) is 1. The van der Waals surface area contributed by atoms with Gasteiger partial charge in [-0.3, -0.25) is 19.2 Å². The van der Waals surface area contributed by atoms with Crippen LogP contribution >= 0.6 is 0 Å². The Bertz CT molecular complexity index is 1220. The van der Waals surface area contributed by atoms with E-state index in [0.717, 1.165) is 0 Å². The van der Waals surface area contributed by atoms with Gasteiger partial charge in [-0.25, -0.2) is 4.79 Å². The van der Waals surface area contributed by atoms with E-state index in [0.29, 0.717) is 11.1 Å². The zero-order valence-electron chi connectivity index (χ0n) is 22.9. The number of carboxylic acids is 1. The normalized spacial score (nSPS) is 13.9. The van der Waals surface area contributed by atoms with Gasteiger partial charge in [-0.05, 0) is 47.7 Å². The van der Waals surface area contributed by atoms with Gasteiger partial charge in [0.05, 0.1) is 6.04 Å². The molecule has 0 heterocycles. The minimum atomic E-state index is -1.32. The Kier molecular flexibility index (Phi) is 12.1. The molecule has 13 nitrogen and oxygen atoms in total. The first kappa shape index (κ1) is 32.6. The Hall–Kier alpha value is -4.65. The highest BCUT2D eigenvalue weighted by molar-refractivity contribution is 5.94. The van der Waals surface area contributed by atoms with Crippen molar-refractivity contribution >= 4 is 29.6 Å². The highest BCUT2D eigenvalue weighted by atomic mass is 16.4. The van der Waals surface area contributed by atoms with Crippen molar-refractivity contribution in [1.82, 2.24) is 16.0 Å². The maximum Gasteiger partial charge on any atom is 0.326 e. The zero-order valence-corrected chi connectivity index (χ0v) is 22.9. The topological polar surface area (TPSA) is 234 Å². The first-order valence-corrected chi connectivity index (χ1v) is 13.0. The number of benzene rings is 2. The molecule has 0 saturated carbocycles. The second kappa shape index (κ2) is 15.2. The third kappa shape index (κ3) is 10.8. The number of phenols is 2. The van der Waals surface area contributed by atoms with E-state index < -0.39 is 59.7 Å². The fourth-order valence-corrected chi connectivity index (χ4v) is 3.90. The van der Waals surface area contributed by atoms with Crippen LogP contribution < -0.4 is 27.4 Å². The van der Waals surface area contributed by atoms with E-state index in [-0.39, 0.29) is 37.2 Å². The molecule has 0 aromatic heterocycles. The molecule has 2 rings (SSSR count). The van der Waals surface area contributed by atoms with Crippen molar-refractivity contribution in [2.45, 2.75) is 63.7 Å². The number of rotatable bonds is 15. The molecule has 0 fully saturated rings. The standard InChI is InChI=1S/C28H37N5O8/c1-15(2)24(27(39)32-22(28(40)41)14-17-5-9-19(35)10-6-17)33-26(38)21(13-16-3-7-18(34)8-4-16)31-25(37)20(29)11-12-23(30)36/h3-10,15,20-22,24,34-35H,11-14,29H2,1-2H3,(H2,30,36)(H,31,37)(H,32,39)(H,33,38)(H,40,41). The van der Waals surface area contributed by atoms with E-state index in [1.165, 1.54) is 36.4 Å². The van der Waals surface area contributed by atoms with Crippen LogP contribution in [0.15, 0.2) is 48.5 Å². The van der Waals surface area contributed by atoms with Crippen LogP contribution in [0.1, 0.15) is 37.8 Å². The van der Waals surface area contributed by atoms with E-state index in [1.807, 2.05) is 0 Å². The van der Waals surface area contributed by atoms with E-state index in [1.54, 1.807) is 26.0 Å². The lowest BCUT2D eigenvalue weighted by molar-refractivity contribution is -0.142. The van der Waals surface area contributed by atoms with Crippen LogP contribution in [0.2, 0.25) is 0 Å². The second-order valence-electron chi connectivity index (χ2n) is 10.0. The summed E-state index contributed by atoms with van der Waals surface area (Å²) in [6, 6.07) is 6.99. The average Bonchev–Trinajstić information content (AvgIpc) is 2.91. The Morgan fingerprint density at radius 2 is 1.20 bits per heavy atom. The molecule has 2 aromatic rings. The molecule has 0 radical (unpaired) electrons. The summed E-state index contributed by atoms with van der Waals surface area (Å²) in [7, 11) is 0. The number of amides is 4. The monoisotopic (exact) mass is 571 g/mol. The number of nitrogens with two attached hydrogens (primary N) is 2. The maximum absolute atomic E-state index is 13.4. The Morgan fingerprint density at radius 1 is 0.732 bits per heavy atom. The Labute approximate surface area is 237 Å². The van der Waals surface area contributed by atoms with E-state index in [4.69, 9.17) is 11.5 Å². The highest BCUT2D eigenvalue weighted by Crippen LogP contribution is 2.14. The van der Waals surface area contributed by atoms with E-state index in [2.05, 4.69) is 16.0 Å². The number of aliphatic carboxylic acids is 1. The van der Waals surface area contributed by atoms with Crippen molar-refractivity contribution in [2.75, 3.05) is 0 Å². The molecule has 0 aliphatic rings. The lowest BCUT2D eigenvalue weighted by Gasteiger charge is -2.27. The van der Waals surface area contributed by atoms with E-state index in [9.17, 15) is 39.3 Å². The molecule has 4 atom stereocenters. The molecule has 41 heavy (non-hydrogen) atoms. The van der Waals surface area contributed by atoms with Crippen LogP contribution in [0, 0.1) is 5.92 Å². The molecule has 0 aliphatic heterocycles. The first-order chi connectivity index (χ1) is 19.3. The highest BCUT2D eigenvalue weighted by Gasteiger charge is 2.32. The van der Waals surface area contributed by atoms with Gasteiger partial charge in [0.2, 0.25) is 23.6 Å². The predicted octanol–water partition coefficient (Wildman–Crippen LogP) is -0.329. The van der Waals surface area contributed by atoms with Crippen molar-refractivity contribution in [3.63, 3.8) is 0 Å². The van der Waals surface area contributed by atoms with Gasteiger partial charge in [-0.2, -0.15) is 0 Å². The summed E-state index contributed by atoms with van der Waals surface area (Å²) in [6.07, 6.45) is -0.258. The van der Waals surface area contributed by atoms with Gasteiger partial charge in [0.25, 0.3) is 0 Å². The van der Waals surface area contributed by atoms with Crippen LogP contribution in [0.25, 0.3) is 0 Å². The number of nitrogens with one attached hydrogen (secondary N) is 3. The molecule has 0 saturated heterocycles. The molecule has 222 valence electrons. The van der Waals surface area contributed by atoms with Crippen LogP contribution in [-0.2, 0) is 36.8 Å². The average molecular weight is 572 g/mol. The predicted molar refractivity (Wildman–Crippen MR) is 148 cm³/mol. The van der Waals surface area contributed by atoms with Gasteiger partial charge in [0.15, 0.2) is 0 Å². The fourth-order valence-electron chi connectivity index (χ4n) is 3.90. The Balaban J connectivity index is 2.20. The lowest BCUT2D eigenvalue weighted by Crippen LogP contribution is -2.59. The fraction of sp³-hybridized carbons (Fsp3) is 0.393. The largest absolute Gasteiger partial charge is 0.508 e. The molecule has 0 spiro atoms. The Morgan fingerprint density at radius 3 is 1.63 bits per heavy atom. The number of primary amides is 1. The summed E-state index contributed by atoms with van der Waals surface area (Å²) in [6.45, 7) is 3.32. The molecule has 2 aromatic carbocycles. The quantitative estimate of drug-likeness (QED) is 0.140. The van der Waals surface area contributed by atoms with E-state index >= 15 is 0 Å². The maximum atomic E-state index is 13.4. The van der Waals surface area contributed by atoms with Gasteiger partial charge in [-0.15, -0.1) is 0 Å². The summed E-state index contributed by atoms with van der Waals surface area (Å²) in [5.41, 5.74) is 12.1.